The summed E-state index contributed by atoms with van der Waals surface area (Å²) in [5.74, 6) is -1.03. The Labute approximate surface area is 105 Å². The lowest BCUT2D eigenvalue weighted by atomic mass is 9.96. The van der Waals surface area contributed by atoms with Gasteiger partial charge in [0.15, 0.2) is 0 Å². The van der Waals surface area contributed by atoms with Crippen LogP contribution in [-0.2, 0) is 0 Å². The van der Waals surface area contributed by atoms with Crippen molar-refractivity contribution in [2.45, 2.75) is 13.0 Å². The van der Waals surface area contributed by atoms with Crippen LogP contribution in [0.1, 0.15) is 33.2 Å². The normalized spacial score (nSPS) is 12.1. The van der Waals surface area contributed by atoms with Gasteiger partial charge in [-0.3, -0.25) is 0 Å². The minimum absolute atomic E-state index is 0.130. The van der Waals surface area contributed by atoms with E-state index < -0.39 is 12.1 Å². The third-order valence-corrected chi connectivity index (χ3v) is 2.88. The molecule has 0 aliphatic rings. The van der Waals surface area contributed by atoms with Gasteiger partial charge < -0.3 is 10.2 Å². The third kappa shape index (κ3) is 2.41. The summed E-state index contributed by atoms with van der Waals surface area (Å²) in [6, 6.07) is 13.9. The molecule has 92 valence electrons. The number of carboxylic acids is 1. The molecular weight excluding hydrogens is 228 g/mol. The molecule has 1 atom stereocenters. The molecule has 2 N–H and O–H groups in total. The SMILES string of the molecule is Cc1ccc(C(O)c2ccccc2C(=O)O)cc1. The second-order valence-corrected chi connectivity index (χ2v) is 4.21. The number of aliphatic hydroxyl groups excluding tert-OH is 1. The topological polar surface area (TPSA) is 57.5 Å². The van der Waals surface area contributed by atoms with Crippen molar-refractivity contribution in [2.24, 2.45) is 0 Å². The molecule has 0 spiro atoms. The number of carboxylic acid groups (broad SMARTS) is 1. The number of carbonyl (C=O) groups is 1. The van der Waals surface area contributed by atoms with Crippen molar-refractivity contribution in [1.82, 2.24) is 0 Å². The molecule has 2 aromatic carbocycles. The predicted octanol–water partition coefficient (Wildman–Crippen LogP) is 2.77. The Balaban J connectivity index is 2.42. The van der Waals surface area contributed by atoms with E-state index in [2.05, 4.69) is 0 Å². The summed E-state index contributed by atoms with van der Waals surface area (Å²) in [6.45, 7) is 1.96. The van der Waals surface area contributed by atoms with Crippen LogP contribution in [0.15, 0.2) is 48.5 Å². The highest BCUT2D eigenvalue weighted by atomic mass is 16.4. The van der Waals surface area contributed by atoms with Crippen LogP contribution in [0.25, 0.3) is 0 Å². The number of hydrogen-bond donors (Lipinski definition) is 2. The highest BCUT2D eigenvalue weighted by Gasteiger charge is 2.17. The maximum absolute atomic E-state index is 11.1. The molecule has 0 bridgehead atoms. The van der Waals surface area contributed by atoms with Crippen molar-refractivity contribution in [3.05, 3.63) is 70.8 Å². The smallest absolute Gasteiger partial charge is 0.336 e. The fourth-order valence-electron chi connectivity index (χ4n) is 1.86. The number of aryl methyl sites for hydroxylation is 1. The molecule has 1 unspecified atom stereocenters. The Bertz CT molecular complexity index is 558. The Hall–Kier alpha value is -2.13. The molecule has 3 heteroatoms. The van der Waals surface area contributed by atoms with Gasteiger partial charge in [-0.15, -0.1) is 0 Å². The van der Waals surface area contributed by atoms with Crippen LogP contribution >= 0.6 is 0 Å². The van der Waals surface area contributed by atoms with E-state index in [1.54, 1.807) is 30.3 Å². The van der Waals surface area contributed by atoms with Gasteiger partial charge in [0, 0.05) is 0 Å². The lowest BCUT2D eigenvalue weighted by molar-refractivity contribution is 0.0691. The fourth-order valence-corrected chi connectivity index (χ4v) is 1.86. The van der Waals surface area contributed by atoms with Gasteiger partial charge in [-0.2, -0.15) is 0 Å². The lowest BCUT2D eigenvalue weighted by Gasteiger charge is -2.14. The van der Waals surface area contributed by atoms with E-state index in [1.807, 2.05) is 19.1 Å². The summed E-state index contributed by atoms with van der Waals surface area (Å²) < 4.78 is 0. The first-order chi connectivity index (χ1) is 8.59. The van der Waals surface area contributed by atoms with E-state index >= 15 is 0 Å². The van der Waals surface area contributed by atoms with Crippen molar-refractivity contribution in [1.29, 1.82) is 0 Å². The fraction of sp³-hybridized carbons (Fsp3) is 0.133. The van der Waals surface area contributed by atoms with Crippen molar-refractivity contribution in [3.63, 3.8) is 0 Å². The first kappa shape index (κ1) is 12.3. The van der Waals surface area contributed by atoms with Gasteiger partial charge in [0.05, 0.1) is 5.56 Å². The van der Waals surface area contributed by atoms with Crippen molar-refractivity contribution >= 4 is 5.97 Å². The molecule has 0 aliphatic heterocycles. The number of aromatic carboxylic acids is 1. The average molecular weight is 242 g/mol. The summed E-state index contributed by atoms with van der Waals surface area (Å²) in [4.78, 5) is 11.1. The van der Waals surface area contributed by atoms with E-state index in [0.717, 1.165) is 5.56 Å². The molecule has 0 saturated carbocycles. The van der Waals surface area contributed by atoms with Crippen LogP contribution in [0.4, 0.5) is 0 Å². The van der Waals surface area contributed by atoms with E-state index in [4.69, 9.17) is 5.11 Å². The van der Waals surface area contributed by atoms with Gasteiger partial charge in [-0.1, -0.05) is 48.0 Å². The molecule has 0 radical (unpaired) electrons. The van der Waals surface area contributed by atoms with Crippen LogP contribution in [0.3, 0.4) is 0 Å². The molecule has 0 aromatic heterocycles. The van der Waals surface area contributed by atoms with E-state index in [0.29, 0.717) is 11.1 Å². The molecule has 0 fully saturated rings. The minimum Gasteiger partial charge on any atom is -0.478 e. The second kappa shape index (κ2) is 5.02. The summed E-state index contributed by atoms with van der Waals surface area (Å²) in [7, 11) is 0. The standard InChI is InChI=1S/C15H14O3/c1-10-6-8-11(9-7-10)14(16)12-4-2-3-5-13(12)15(17)18/h2-9,14,16H,1H3,(H,17,18). The number of rotatable bonds is 3. The van der Waals surface area contributed by atoms with Gasteiger partial charge in [-0.05, 0) is 24.1 Å². The molecule has 0 aliphatic carbocycles. The van der Waals surface area contributed by atoms with Crippen molar-refractivity contribution in [2.75, 3.05) is 0 Å². The molecule has 0 amide bonds. The van der Waals surface area contributed by atoms with Crippen LogP contribution < -0.4 is 0 Å². The highest BCUT2D eigenvalue weighted by molar-refractivity contribution is 5.89. The molecule has 2 aromatic rings. The monoisotopic (exact) mass is 242 g/mol. The maximum atomic E-state index is 11.1. The summed E-state index contributed by atoms with van der Waals surface area (Å²) >= 11 is 0. The Morgan fingerprint density at radius 2 is 1.67 bits per heavy atom. The summed E-state index contributed by atoms with van der Waals surface area (Å²) in [5.41, 5.74) is 2.33. The predicted molar refractivity (Wildman–Crippen MR) is 68.6 cm³/mol. The van der Waals surface area contributed by atoms with Gasteiger partial charge >= 0.3 is 5.97 Å². The Morgan fingerprint density at radius 1 is 1.06 bits per heavy atom. The lowest BCUT2D eigenvalue weighted by Crippen LogP contribution is -2.08. The largest absolute Gasteiger partial charge is 0.478 e. The molecule has 0 heterocycles. The molecule has 3 nitrogen and oxygen atoms in total. The number of hydrogen-bond acceptors (Lipinski definition) is 2. The quantitative estimate of drug-likeness (QED) is 0.870. The molecular formula is C15H14O3. The van der Waals surface area contributed by atoms with Crippen LogP contribution in [-0.4, -0.2) is 16.2 Å². The summed E-state index contributed by atoms with van der Waals surface area (Å²) in [5, 5.41) is 19.3. The zero-order valence-electron chi connectivity index (χ0n) is 10.00. The average Bonchev–Trinajstić information content (AvgIpc) is 2.39. The zero-order chi connectivity index (χ0) is 13.1. The van der Waals surface area contributed by atoms with E-state index in [-0.39, 0.29) is 5.56 Å². The molecule has 18 heavy (non-hydrogen) atoms. The minimum atomic E-state index is -1.03. The van der Waals surface area contributed by atoms with E-state index in [9.17, 15) is 9.90 Å². The van der Waals surface area contributed by atoms with Crippen molar-refractivity contribution in [3.8, 4) is 0 Å². The Morgan fingerprint density at radius 3 is 2.28 bits per heavy atom. The first-order valence-electron chi connectivity index (χ1n) is 5.66. The third-order valence-electron chi connectivity index (χ3n) is 2.88. The summed E-state index contributed by atoms with van der Waals surface area (Å²) in [6.07, 6.45) is -0.919. The zero-order valence-corrected chi connectivity index (χ0v) is 10.00. The molecule has 0 saturated heterocycles. The van der Waals surface area contributed by atoms with Gasteiger partial charge in [0.25, 0.3) is 0 Å². The first-order valence-corrected chi connectivity index (χ1v) is 5.66. The van der Waals surface area contributed by atoms with Crippen LogP contribution in [0, 0.1) is 6.92 Å². The van der Waals surface area contributed by atoms with Gasteiger partial charge in [0.1, 0.15) is 6.10 Å². The second-order valence-electron chi connectivity index (χ2n) is 4.21. The molecule has 2 rings (SSSR count). The van der Waals surface area contributed by atoms with Gasteiger partial charge in [-0.25, -0.2) is 4.79 Å². The van der Waals surface area contributed by atoms with E-state index in [1.165, 1.54) is 6.07 Å². The number of benzene rings is 2. The Kier molecular flexibility index (Phi) is 3.44. The van der Waals surface area contributed by atoms with Crippen molar-refractivity contribution < 1.29 is 15.0 Å². The van der Waals surface area contributed by atoms with Crippen LogP contribution in [0.5, 0.6) is 0 Å². The van der Waals surface area contributed by atoms with Gasteiger partial charge in [0.2, 0.25) is 0 Å². The van der Waals surface area contributed by atoms with Crippen LogP contribution in [0.2, 0.25) is 0 Å². The highest BCUT2D eigenvalue weighted by Crippen LogP contribution is 2.25. The maximum Gasteiger partial charge on any atom is 0.336 e. The number of aliphatic hydroxyl groups is 1.